The Bertz CT molecular complexity index is 488. The maximum absolute atomic E-state index is 12.5. The van der Waals surface area contributed by atoms with Crippen LogP contribution >= 0.6 is 0 Å². The summed E-state index contributed by atoms with van der Waals surface area (Å²) >= 11 is 0. The van der Waals surface area contributed by atoms with Gasteiger partial charge < -0.3 is 10.2 Å². The number of anilines is 1. The van der Waals surface area contributed by atoms with Crippen LogP contribution in [0.25, 0.3) is 0 Å². The molecule has 21 heavy (non-hydrogen) atoms. The molecular weight excluding hydrogens is 264 g/mol. The van der Waals surface area contributed by atoms with E-state index in [1.54, 1.807) is 24.3 Å². The van der Waals surface area contributed by atoms with Crippen LogP contribution in [-0.4, -0.2) is 29.8 Å². The first-order chi connectivity index (χ1) is 10.1. The van der Waals surface area contributed by atoms with Gasteiger partial charge in [0.25, 0.3) is 5.91 Å². The Hall–Kier alpha value is -1.84. The van der Waals surface area contributed by atoms with Gasteiger partial charge in [0.05, 0.1) is 0 Å². The number of benzene rings is 1. The molecule has 2 amide bonds. The van der Waals surface area contributed by atoms with Gasteiger partial charge in [-0.15, -0.1) is 0 Å². The van der Waals surface area contributed by atoms with Crippen molar-refractivity contribution < 1.29 is 9.59 Å². The fraction of sp³-hybridized carbons (Fsp3) is 0.529. The third-order valence-corrected chi connectivity index (χ3v) is 4.14. The molecule has 1 aliphatic rings. The Balaban J connectivity index is 2.02. The molecule has 0 heterocycles. The van der Waals surface area contributed by atoms with Gasteiger partial charge in [-0.1, -0.05) is 25.7 Å². The number of nitrogens with zero attached hydrogens (tertiary/aromatic N) is 1. The van der Waals surface area contributed by atoms with Gasteiger partial charge in [-0.2, -0.15) is 0 Å². The Labute approximate surface area is 126 Å². The van der Waals surface area contributed by atoms with Gasteiger partial charge in [0.2, 0.25) is 5.91 Å². The van der Waals surface area contributed by atoms with E-state index in [4.69, 9.17) is 0 Å². The van der Waals surface area contributed by atoms with Crippen LogP contribution in [0.4, 0.5) is 5.69 Å². The zero-order chi connectivity index (χ0) is 15.2. The van der Waals surface area contributed by atoms with Crippen LogP contribution in [0.5, 0.6) is 0 Å². The Morgan fingerprint density at radius 3 is 2.14 bits per heavy atom. The van der Waals surface area contributed by atoms with Gasteiger partial charge in [-0.05, 0) is 37.1 Å². The Kier molecular flexibility index (Phi) is 5.37. The maximum Gasteiger partial charge on any atom is 0.253 e. The van der Waals surface area contributed by atoms with Gasteiger partial charge in [0.15, 0.2) is 0 Å². The van der Waals surface area contributed by atoms with Crippen molar-refractivity contribution in [3.63, 3.8) is 0 Å². The lowest BCUT2D eigenvalue weighted by Gasteiger charge is -2.27. The lowest BCUT2D eigenvalue weighted by Crippen LogP contribution is -2.36. The standard InChI is InChI=1S/C17H24N2O2/c1-13(20)18-15-11-9-14(10-12-15)17(21)19(2)16-7-5-3-4-6-8-16/h9-12,16H,3-8H2,1-2H3,(H,18,20). The van der Waals surface area contributed by atoms with Crippen molar-refractivity contribution in [2.24, 2.45) is 0 Å². The lowest BCUT2D eigenvalue weighted by atomic mass is 10.1. The average molecular weight is 288 g/mol. The highest BCUT2D eigenvalue weighted by molar-refractivity contribution is 5.95. The highest BCUT2D eigenvalue weighted by atomic mass is 16.2. The highest BCUT2D eigenvalue weighted by Gasteiger charge is 2.22. The fourth-order valence-electron chi connectivity index (χ4n) is 2.91. The number of hydrogen-bond acceptors (Lipinski definition) is 2. The minimum Gasteiger partial charge on any atom is -0.339 e. The minimum absolute atomic E-state index is 0.0660. The van der Waals surface area contributed by atoms with Crippen molar-refractivity contribution in [1.82, 2.24) is 4.90 Å². The molecule has 114 valence electrons. The second kappa shape index (κ2) is 7.25. The van der Waals surface area contributed by atoms with Crippen molar-refractivity contribution in [3.05, 3.63) is 29.8 Å². The summed E-state index contributed by atoms with van der Waals surface area (Å²) in [5.74, 6) is -0.0408. The fourth-order valence-corrected chi connectivity index (χ4v) is 2.91. The summed E-state index contributed by atoms with van der Waals surface area (Å²) in [6.45, 7) is 1.47. The van der Waals surface area contributed by atoms with E-state index in [-0.39, 0.29) is 11.8 Å². The van der Waals surface area contributed by atoms with Crippen LogP contribution in [0.2, 0.25) is 0 Å². The number of amides is 2. The van der Waals surface area contributed by atoms with E-state index in [1.807, 2.05) is 11.9 Å². The molecule has 0 spiro atoms. The van der Waals surface area contributed by atoms with Crippen molar-refractivity contribution >= 4 is 17.5 Å². The van der Waals surface area contributed by atoms with Gasteiger partial charge in [0, 0.05) is 31.3 Å². The number of carbonyl (C=O) groups is 2. The van der Waals surface area contributed by atoms with Crippen LogP contribution in [0.15, 0.2) is 24.3 Å². The summed E-state index contributed by atoms with van der Waals surface area (Å²) in [6.07, 6.45) is 7.19. The lowest BCUT2D eigenvalue weighted by molar-refractivity contribution is -0.114. The Morgan fingerprint density at radius 2 is 1.62 bits per heavy atom. The van der Waals surface area contributed by atoms with E-state index in [0.29, 0.717) is 11.6 Å². The van der Waals surface area contributed by atoms with E-state index in [9.17, 15) is 9.59 Å². The molecule has 0 atom stereocenters. The van der Waals surface area contributed by atoms with Crippen molar-refractivity contribution in [2.45, 2.75) is 51.5 Å². The van der Waals surface area contributed by atoms with E-state index in [2.05, 4.69) is 5.32 Å². The minimum atomic E-state index is -0.107. The second-order valence-electron chi connectivity index (χ2n) is 5.82. The summed E-state index contributed by atoms with van der Waals surface area (Å²) < 4.78 is 0. The number of carbonyl (C=O) groups excluding carboxylic acids is 2. The van der Waals surface area contributed by atoms with Crippen molar-refractivity contribution in [2.75, 3.05) is 12.4 Å². The molecule has 4 nitrogen and oxygen atoms in total. The predicted molar refractivity (Wildman–Crippen MR) is 84.3 cm³/mol. The molecule has 1 saturated carbocycles. The first-order valence-electron chi connectivity index (χ1n) is 7.73. The molecule has 1 fully saturated rings. The molecule has 0 aromatic heterocycles. The summed E-state index contributed by atoms with van der Waals surface area (Å²) in [5, 5.41) is 2.71. The van der Waals surface area contributed by atoms with Crippen LogP contribution in [-0.2, 0) is 4.79 Å². The largest absolute Gasteiger partial charge is 0.339 e. The zero-order valence-electron chi connectivity index (χ0n) is 12.9. The molecule has 0 aliphatic heterocycles. The smallest absolute Gasteiger partial charge is 0.253 e. The predicted octanol–water partition coefficient (Wildman–Crippen LogP) is 3.44. The summed E-state index contributed by atoms with van der Waals surface area (Å²) in [7, 11) is 1.90. The van der Waals surface area contributed by atoms with Crippen LogP contribution in [0, 0.1) is 0 Å². The number of rotatable bonds is 3. The van der Waals surface area contributed by atoms with Gasteiger partial charge in [-0.3, -0.25) is 9.59 Å². The second-order valence-corrected chi connectivity index (χ2v) is 5.82. The normalized spacial score (nSPS) is 16.1. The molecule has 0 unspecified atom stereocenters. The van der Waals surface area contributed by atoms with E-state index in [1.165, 1.54) is 32.6 Å². The van der Waals surface area contributed by atoms with Crippen LogP contribution in [0.3, 0.4) is 0 Å². The number of hydrogen-bond donors (Lipinski definition) is 1. The molecule has 2 rings (SSSR count). The third kappa shape index (κ3) is 4.31. The molecule has 1 aliphatic carbocycles. The van der Waals surface area contributed by atoms with Gasteiger partial charge in [-0.25, -0.2) is 0 Å². The summed E-state index contributed by atoms with van der Waals surface area (Å²) in [6, 6.07) is 7.46. The first-order valence-corrected chi connectivity index (χ1v) is 7.73. The molecule has 0 saturated heterocycles. The SMILES string of the molecule is CC(=O)Nc1ccc(C(=O)N(C)C2CCCCCC2)cc1. The van der Waals surface area contributed by atoms with Gasteiger partial charge in [0.1, 0.15) is 0 Å². The van der Waals surface area contributed by atoms with E-state index >= 15 is 0 Å². The van der Waals surface area contributed by atoms with Crippen LogP contribution in [0.1, 0.15) is 55.8 Å². The molecule has 0 radical (unpaired) electrons. The zero-order valence-corrected chi connectivity index (χ0v) is 12.9. The third-order valence-electron chi connectivity index (χ3n) is 4.14. The molecule has 1 N–H and O–H groups in total. The topological polar surface area (TPSA) is 49.4 Å². The summed E-state index contributed by atoms with van der Waals surface area (Å²) in [5.41, 5.74) is 1.40. The molecule has 4 heteroatoms. The maximum atomic E-state index is 12.5. The average Bonchev–Trinajstić information content (AvgIpc) is 2.75. The van der Waals surface area contributed by atoms with E-state index in [0.717, 1.165) is 18.5 Å². The van der Waals surface area contributed by atoms with Crippen LogP contribution < -0.4 is 5.32 Å². The highest BCUT2D eigenvalue weighted by Crippen LogP contribution is 2.22. The van der Waals surface area contributed by atoms with Crippen molar-refractivity contribution in [3.8, 4) is 0 Å². The Morgan fingerprint density at radius 1 is 1.05 bits per heavy atom. The molecule has 1 aromatic rings. The van der Waals surface area contributed by atoms with Gasteiger partial charge >= 0.3 is 0 Å². The van der Waals surface area contributed by atoms with Crippen molar-refractivity contribution in [1.29, 1.82) is 0 Å². The first kappa shape index (κ1) is 15.5. The molecule has 1 aromatic carbocycles. The monoisotopic (exact) mass is 288 g/mol. The quantitative estimate of drug-likeness (QED) is 0.866. The molecular formula is C17H24N2O2. The molecule has 0 bridgehead atoms. The number of nitrogens with one attached hydrogen (secondary N) is 1. The summed E-state index contributed by atoms with van der Waals surface area (Å²) in [4.78, 5) is 25.4. The van der Waals surface area contributed by atoms with E-state index < -0.39 is 0 Å².